The average Bonchev–Trinajstić information content (AvgIpc) is 3.24. The molecule has 4 rings (SSSR count). The van der Waals surface area contributed by atoms with E-state index in [2.05, 4.69) is 20.5 Å². The van der Waals surface area contributed by atoms with Gasteiger partial charge in [0.1, 0.15) is 22.8 Å². The van der Waals surface area contributed by atoms with Gasteiger partial charge in [-0.05, 0) is 48.9 Å². The smallest absolute Gasteiger partial charge is 0.319 e. The lowest BCUT2D eigenvalue weighted by molar-refractivity contribution is 0.251. The first kappa shape index (κ1) is 21.5. The Morgan fingerprint density at radius 2 is 1.66 bits per heavy atom. The Balaban J connectivity index is 1.36. The number of anilines is 2. The molecule has 2 amide bonds. The minimum absolute atomic E-state index is 0.266. The molecule has 3 N–H and O–H groups in total. The molecule has 0 spiro atoms. The maximum Gasteiger partial charge on any atom is 0.319 e. The number of nitrogens with one attached hydrogen (secondary N) is 3. The third-order valence-electron chi connectivity index (χ3n) is 4.63. The molecule has 8 heteroatoms. The molecule has 0 aliphatic rings. The minimum atomic E-state index is -1.45. The van der Waals surface area contributed by atoms with Crippen LogP contribution in [0.3, 0.4) is 0 Å². The third kappa shape index (κ3) is 5.48. The lowest BCUT2D eigenvalue weighted by Crippen LogP contribution is -2.28. The van der Waals surface area contributed by atoms with Crippen LogP contribution < -0.4 is 15.4 Å². The SMILES string of the molecule is Cc1cc(CNC(=O)Nc2ccc(N[S+]([O-])c3ccccc3-c3ccccc3)cc2)no1. The van der Waals surface area contributed by atoms with Crippen molar-refractivity contribution in [3.63, 3.8) is 0 Å². The van der Waals surface area contributed by atoms with Crippen molar-refractivity contribution in [3.05, 3.63) is 96.4 Å². The standard InChI is InChI=1S/C24H22N4O3S/c1-17-15-21(27-31-17)16-25-24(29)26-19-11-13-20(14-12-19)28-32(30)23-10-6-5-9-22(23)18-7-3-2-4-8-18/h2-15,28H,16H2,1H3,(H2,25,26,29). The summed E-state index contributed by atoms with van der Waals surface area (Å²) in [5.74, 6) is 0.689. The van der Waals surface area contributed by atoms with Crippen LogP contribution in [0.2, 0.25) is 0 Å². The predicted octanol–water partition coefficient (Wildman–Crippen LogP) is 5.11. The second-order valence-electron chi connectivity index (χ2n) is 7.05. The number of carbonyl (C=O) groups is 1. The highest BCUT2D eigenvalue weighted by Gasteiger charge is 2.18. The molecule has 0 saturated carbocycles. The molecule has 1 unspecified atom stereocenters. The highest BCUT2D eigenvalue weighted by molar-refractivity contribution is 7.92. The maximum absolute atomic E-state index is 13.0. The first-order valence-corrected chi connectivity index (χ1v) is 11.1. The summed E-state index contributed by atoms with van der Waals surface area (Å²) in [6.07, 6.45) is 0. The van der Waals surface area contributed by atoms with Gasteiger partial charge in [0.15, 0.2) is 4.90 Å². The zero-order chi connectivity index (χ0) is 22.3. The molecule has 0 aliphatic carbocycles. The van der Waals surface area contributed by atoms with E-state index in [-0.39, 0.29) is 12.6 Å². The van der Waals surface area contributed by atoms with Crippen molar-refractivity contribution in [1.82, 2.24) is 10.5 Å². The Bertz CT molecular complexity index is 1180. The van der Waals surface area contributed by atoms with Gasteiger partial charge in [-0.25, -0.2) is 9.52 Å². The highest BCUT2D eigenvalue weighted by atomic mass is 32.2. The van der Waals surface area contributed by atoms with Gasteiger partial charge in [0.05, 0.1) is 12.2 Å². The topological polar surface area (TPSA) is 102 Å². The van der Waals surface area contributed by atoms with E-state index >= 15 is 0 Å². The molecule has 3 aromatic carbocycles. The van der Waals surface area contributed by atoms with Crippen molar-refractivity contribution in [2.24, 2.45) is 0 Å². The zero-order valence-electron chi connectivity index (χ0n) is 17.4. The number of benzene rings is 3. The second-order valence-corrected chi connectivity index (χ2v) is 8.23. The average molecular weight is 447 g/mol. The molecule has 7 nitrogen and oxygen atoms in total. The Morgan fingerprint density at radius 3 is 2.38 bits per heavy atom. The van der Waals surface area contributed by atoms with E-state index in [4.69, 9.17) is 4.52 Å². The number of carbonyl (C=O) groups excluding carboxylic acids is 1. The molecule has 0 fully saturated rings. The van der Waals surface area contributed by atoms with Crippen LogP contribution in [-0.2, 0) is 17.9 Å². The van der Waals surface area contributed by atoms with Gasteiger partial charge in [0.2, 0.25) is 0 Å². The van der Waals surface area contributed by atoms with Gasteiger partial charge in [-0.1, -0.05) is 47.6 Å². The molecule has 0 bridgehead atoms. The van der Waals surface area contributed by atoms with Crippen molar-refractivity contribution >= 4 is 28.8 Å². The van der Waals surface area contributed by atoms with E-state index in [1.165, 1.54) is 0 Å². The first-order chi connectivity index (χ1) is 15.6. The summed E-state index contributed by atoms with van der Waals surface area (Å²) in [6, 6.07) is 25.9. The van der Waals surface area contributed by atoms with Crippen LogP contribution in [0.15, 0.2) is 94.3 Å². The van der Waals surface area contributed by atoms with Gasteiger partial charge in [-0.3, -0.25) is 0 Å². The molecule has 0 aliphatic heterocycles. The van der Waals surface area contributed by atoms with E-state index < -0.39 is 11.4 Å². The molecule has 0 radical (unpaired) electrons. The van der Waals surface area contributed by atoms with Gasteiger partial charge >= 0.3 is 6.03 Å². The summed E-state index contributed by atoms with van der Waals surface area (Å²) in [6.45, 7) is 2.06. The van der Waals surface area contributed by atoms with Crippen LogP contribution in [-0.4, -0.2) is 15.7 Å². The van der Waals surface area contributed by atoms with E-state index in [0.29, 0.717) is 27.7 Å². The number of aromatic nitrogens is 1. The van der Waals surface area contributed by atoms with E-state index in [9.17, 15) is 9.35 Å². The highest BCUT2D eigenvalue weighted by Crippen LogP contribution is 2.28. The fraction of sp³-hybridized carbons (Fsp3) is 0.0833. The fourth-order valence-electron chi connectivity index (χ4n) is 3.12. The number of nitrogens with zero attached hydrogens (tertiary/aromatic N) is 1. The summed E-state index contributed by atoms with van der Waals surface area (Å²) in [5.41, 5.74) is 3.85. The maximum atomic E-state index is 13.0. The summed E-state index contributed by atoms with van der Waals surface area (Å²) < 4.78 is 21.0. The monoisotopic (exact) mass is 446 g/mol. The van der Waals surface area contributed by atoms with Crippen molar-refractivity contribution in [3.8, 4) is 11.1 Å². The minimum Gasteiger partial charge on any atom is -0.588 e. The van der Waals surface area contributed by atoms with Crippen LogP contribution in [0.25, 0.3) is 11.1 Å². The van der Waals surface area contributed by atoms with Crippen LogP contribution in [0.4, 0.5) is 16.2 Å². The summed E-state index contributed by atoms with van der Waals surface area (Å²) in [7, 11) is 0. The quantitative estimate of drug-likeness (QED) is 0.343. The fourth-order valence-corrected chi connectivity index (χ4v) is 4.16. The molecule has 32 heavy (non-hydrogen) atoms. The molecular weight excluding hydrogens is 424 g/mol. The Morgan fingerprint density at radius 1 is 0.969 bits per heavy atom. The number of urea groups is 1. The molecule has 1 heterocycles. The zero-order valence-corrected chi connectivity index (χ0v) is 18.2. The van der Waals surface area contributed by atoms with Gasteiger partial charge in [0.25, 0.3) is 0 Å². The van der Waals surface area contributed by atoms with Crippen LogP contribution >= 0.6 is 0 Å². The second kappa shape index (κ2) is 10.0. The van der Waals surface area contributed by atoms with Crippen LogP contribution in [0.1, 0.15) is 11.5 Å². The van der Waals surface area contributed by atoms with Crippen molar-refractivity contribution < 1.29 is 13.9 Å². The molecular formula is C24H22N4O3S. The lowest BCUT2D eigenvalue weighted by Gasteiger charge is -2.15. The number of hydrogen-bond donors (Lipinski definition) is 3. The first-order valence-electron chi connectivity index (χ1n) is 9.98. The third-order valence-corrected chi connectivity index (χ3v) is 5.81. The van der Waals surface area contributed by atoms with Gasteiger partial charge in [-0.2, -0.15) is 0 Å². The Hall–Kier alpha value is -3.75. The van der Waals surface area contributed by atoms with Gasteiger partial charge in [0, 0.05) is 17.3 Å². The summed E-state index contributed by atoms with van der Waals surface area (Å²) in [4.78, 5) is 12.8. The van der Waals surface area contributed by atoms with Crippen molar-refractivity contribution in [1.29, 1.82) is 0 Å². The molecule has 1 aromatic heterocycles. The molecule has 162 valence electrons. The number of aryl methyl sites for hydroxylation is 1. The van der Waals surface area contributed by atoms with Crippen LogP contribution in [0.5, 0.6) is 0 Å². The lowest BCUT2D eigenvalue weighted by atomic mass is 10.1. The van der Waals surface area contributed by atoms with E-state index in [1.807, 2.05) is 54.6 Å². The number of rotatable bonds is 7. The van der Waals surface area contributed by atoms with E-state index in [0.717, 1.165) is 11.1 Å². The van der Waals surface area contributed by atoms with Crippen molar-refractivity contribution in [2.45, 2.75) is 18.4 Å². The normalized spacial score (nSPS) is 11.6. The predicted molar refractivity (Wildman–Crippen MR) is 125 cm³/mol. The van der Waals surface area contributed by atoms with Crippen LogP contribution in [0, 0.1) is 6.92 Å². The summed E-state index contributed by atoms with van der Waals surface area (Å²) >= 11 is -1.45. The molecule has 4 aromatic rings. The summed E-state index contributed by atoms with van der Waals surface area (Å²) in [5, 5.41) is 9.29. The molecule has 0 saturated heterocycles. The van der Waals surface area contributed by atoms with Gasteiger partial charge in [-0.15, -0.1) is 0 Å². The Labute approximate surface area is 189 Å². The number of amides is 2. The van der Waals surface area contributed by atoms with Gasteiger partial charge < -0.3 is 19.7 Å². The number of hydrogen-bond acceptors (Lipinski definition) is 5. The van der Waals surface area contributed by atoms with E-state index in [1.54, 1.807) is 37.3 Å². The Kier molecular flexibility index (Phi) is 6.74. The molecule has 1 atom stereocenters. The largest absolute Gasteiger partial charge is 0.588 e. The van der Waals surface area contributed by atoms with Crippen molar-refractivity contribution in [2.75, 3.05) is 10.0 Å².